The largest absolute Gasteiger partial charge is 0.307 e. The van der Waals surface area contributed by atoms with Gasteiger partial charge in [-0.2, -0.15) is 10.2 Å². The molecule has 0 spiro atoms. The molecule has 0 radical (unpaired) electrons. The van der Waals surface area contributed by atoms with Crippen LogP contribution in [-0.2, 0) is 19.8 Å². The smallest absolute Gasteiger partial charge is 0.198 e. The molecular weight excluding hydrogens is 380 g/mol. The van der Waals surface area contributed by atoms with Crippen LogP contribution >= 0.6 is 12.2 Å². The number of hydrogen-bond acceptors (Lipinski definition) is 4. The summed E-state index contributed by atoms with van der Waals surface area (Å²) in [6.07, 6.45) is 3.90. The molecule has 2 heterocycles. The van der Waals surface area contributed by atoms with Crippen molar-refractivity contribution in [3.8, 4) is 16.9 Å². The predicted molar refractivity (Wildman–Crippen MR) is 117 cm³/mol. The molecule has 0 amide bonds. The first kappa shape index (κ1) is 19.3. The number of aromatic nitrogens is 5. The molecule has 0 unspecified atom stereocenters. The van der Waals surface area contributed by atoms with Crippen molar-refractivity contribution in [3.63, 3.8) is 0 Å². The number of nitrogens with zero attached hydrogens (tertiary/aromatic N) is 6. The highest BCUT2D eigenvalue weighted by molar-refractivity contribution is 7.71. The van der Waals surface area contributed by atoms with Crippen LogP contribution in [0.15, 0.2) is 73.2 Å². The van der Waals surface area contributed by atoms with E-state index in [0.717, 1.165) is 40.4 Å². The molecule has 2 aromatic heterocycles. The molecule has 0 bridgehead atoms. The lowest BCUT2D eigenvalue weighted by molar-refractivity contribution is 0.244. The van der Waals surface area contributed by atoms with Gasteiger partial charge in [0, 0.05) is 30.4 Å². The van der Waals surface area contributed by atoms with Crippen LogP contribution in [0, 0.1) is 4.77 Å². The Morgan fingerprint density at radius 2 is 1.69 bits per heavy atom. The highest BCUT2D eigenvalue weighted by atomic mass is 32.1. The summed E-state index contributed by atoms with van der Waals surface area (Å²) in [5.41, 5.74) is 4.30. The van der Waals surface area contributed by atoms with E-state index in [0.29, 0.717) is 6.67 Å². The maximum atomic E-state index is 5.50. The molecule has 0 aliphatic carbocycles. The molecule has 0 aliphatic rings. The fourth-order valence-corrected chi connectivity index (χ4v) is 3.61. The lowest BCUT2D eigenvalue weighted by atomic mass is 10.1. The van der Waals surface area contributed by atoms with E-state index in [1.807, 2.05) is 50.3 Å². The predicted octanol–water partition coefficient (Wildman–Crippen LogP) is 4.38. The van der Waals surface area contributed by atoms with Crippen molar-refractivity contribution in [1.82, 2.24) is 29.0 Å². The average molecular weight is 405 g/mol. The SMILES string of the molecule is CCn1cnn(CN(C)Cc2cn(-c3ccccc3)nc2-c2ccccc2)c1=S. The molecule has 0 N–H and O–H groups in total. The van der Waals surface area contributed by atoms with E-state index >= 15 is 0 Å². The van der Waals surface area contributed by atoms with Crippen molar-refractivity contribution in [2.24, 2.45) is 0 Å². The molecule has 0 saturated heterocycles. The molecule has 0 fully saturated rings. The van der Waals surface area contributed by atoms with Gasteiger partial charge >= 0.3 is 0 Å². The summed E-state index contributed by atoms with van der Waals surface area (Å²) < 4.78 is 6.50. The van der Waals surface area contributed by atoms with Crippen LogP contribution in [0.4, 0.5) is 0 Å². The van der Waals surface area contributed by atoms with Gasteiger partial charge in [0.05, 0.1) is 18.1 Å². The molecule has 6 nitrogen and oxygen atoms in total. The fourth-order valence-electron chi connectivity index (χ4n) is 3.33. The molecule has 0 aliphatic heterocycles. The Hall–Kier alpha value is -3.03. The molecule has 4 rings (SSSR count). The van der Waals surface area contributed by atoms with Gasteiger partial charge < -0.3 is 4.57 Å². The van der Waals surface area contributed by atoms with E-state index in [1.165, 1.54) is 0 Å². The van der Waals surface area contributed by atoms with Crippen LogP contribution < -0.4 is 0 Å². The minimum atomic E-state index is 0.622. The molecule has 0 saturated carbocycles. The second kappa shape index (κ2) is 8.55. The van der Waals surface area contributed by atoms with Crippen LogP contribution in [-0.4, -0.2) is 36.1 Å². The van der Waals surface area contributed by atoms with Crippen LogP contribution in [0.2, 0.25) is 0 Å². The van der Waals surface area contributed by atoms with E-state index in [-0.39, 0.29) is 0 Å². The molecule has 4 aromatic rings. The van der Waals surface area contributed by atoms with Crippen molar-refractivity contribution >= 4 is 12.2 Å². The number of aryl methyl sites for hydroxylation is 1. The van der Waals surface area contributed by atoms with Crippen LogP contribution in [0.5, 0.6) is 0 Å². The zero-order chi connectivity index (χ0) is 20.2. The van der Waals surface area contributed by atoms with Crippen LogP contribution in [0.3, 0.4) is 0 Å². The van der Waals surface area contributed by atoms with E-state index in [9.17, 15) is 0 Å². The number of para-hydroxylation sites is 1. The first-order chi connectivity index (χ1) is 14.2. The first-order valence-electron chi connectivity index (χ1n) is 9.66. The lowest BCUT2D eigenvalue weighted by Crippen LogP contribution is -2.22. The highest BCUT2D eigenvalue weighted by Crippen LogP contribution is 2.24. The summed E-state index contributed by atoms with van der Waals surface area (Å²) >= 11 is 5.50. The Morgan fingerprint density at radius 1 is 1.00 bits per heavy atom. The minimum absolute atomic E-state index is 0.622. The Morgan fingerprint density at radius 3 is 2.34 bits per heavy atom. The van der Waals surface area contributed by atoms with Crippen molar-refractivity contribution in [3.05, 3.63) is 83.5 Å². The van der Waals surface area contributed by atoms with E-state index in [4.69, 9.17) is 17.3 Å². The van der Waals surface area contributed by atoms with Gasteiger partial charge in [-0.25, -0.2) is 9.36 Å². The molecule has 7 heteroatoms. The third kappa shape index (κ3) is 4.21. The Kier molecular flexibility index (Phi) is 5.69. The molecule has 29 heavy (non-hydrogen) atoms. The van der Waals surface area contributed by atoms with Gasteiger partial charge in [-0.05, 0) is 38.3 Å². The van der Waals surface area contributed by atoms with Crippen molar-refractivity contribution in [1.29, 1.82) is 0 Å². The highest BCUT2D eigenvalue weighted by Gasteiger charge is 2.14. The van der Waals surface area contributed by atoms with E-state index in [2.05, 4.69) is 54.4 Å². The zero-order valence-corrected chi connectivity index (χ0v) is 17.5. The van der Waals surface area contributed by atoms with Crippen molar-refractivity contribution in [2.45, 2.75) is 26.7 Å². The second-order valence-corrected chi connectivity index (χ2v) is 7.37. The van der Waals surface area contributed by atoms with Gasteiger partial charge in [0.25, 0.3) is 0 Å². The summed E-state index contributed by atoms with van der Waals surface area (Å²) in [6, 6.07) is 20.5. The van der Waals surface area contributed by atoms with Crippen molar-refractivity contribution < 1.29 is 0 Å². The normalized spacial score (nSPS) is 11.3. The fraction of sp³-hybridized carbons (Fsp3) is 0.227. The number of hydrogen-bond donors (Lipinski definition) is 0. The van der Waals surface area contributed by atoms with E-state index < -0.39 is 0 Å². The topological polar surface area (TPSA) is 43.8 Å². The molecular formula is C22H24N6S. The van der Waals surface area contributed by atoms with Gasteiger partial charge in [0.1, 0.15) is 6.33 Å². The average Bonchev–Trinajstić information content (AvgIpc) is 3.33. The summed E-state index contributed by atoms with van der Waals surface area (Å²) in [7, 11) is 2.07. The third-order valence-electron chi connectivity index (χ3n) is 4.81. The van der Waals surface area contributed by atoms with Gasteiger partial charge in [0.2, 0.25) is 0 Å². The minimum Gasteiger partial charge on any atom is -0.307 e. The van der Waals surface area contributed by atoms with Gasteiger partial charge in [-0.3, -0.25) is 4.90 Å². The Bertz CT molecular complexity index is 1130. The van der Waals surface area contributed by atoms with E-state index in [1.54, 1.807) is 6.33 Å². The number of rotatable bonds is 7. The quantitative estimate of drug-likeness (QED) is 0.429. The van der Waals surface area contributed by atoms with Crippen LogP contribution in [0.25, 0.3) is 16.9 Å². The molecule has 0 atom stereocenters. The lowest BCUT2D eigenvalue weighted by Gasteiger charge is -2.16. The maximum absolute atomic E-state index is 5.50. The maximum Gasteiger partial charge on any atom is 0.198 e. The summed E-state index contributed by atoms with van der Waals surface area (Å²) in [5, 5.41) is 9.30. The Labute approximate surface area is 175 Å². The van der Waals surface area contributed by atoms with Gasteiger partial charge in [-0.15, -0.1) is 0 Å². The van der Waals surface area contributed by atoms with Crippen LogP contribution in [0.1, 0.15) is 12.5 Å². The Balaban J connectivity index is 1.63. The van der Waals surface area contributed by atoms with Crippen molar-refractivity contribution in [2.75, 3.05) is 7.05 Å². The summed E-state index contributed by atoms with van der Waals surface area (Å²) in [6.45, 7) is 4.24. The zero-order valence-electron chi connectivity index (χ0n) is 16.6. The molecule has 2 aromatic carbocycles. The number of benzene rings is 2. The summed E-state index contributed by atoms with van der Waals surface area (Å²) in [5.74, 6) is 0. The van der Waals surface area contributed by atoms with Gasteiger partial charge in [-0.1, -0.05) is 48.5 Å². The monoisotopic (exact) mass is 404 g/mol. The first-order valence-corrected chi connectivity index (χ1v) is 10.1. The van der Waals surface area contributed by atoms with Gasteiger partial charge in [0.15, 0.2) is 4.77 Å². The summed E-state index contributed by atoms with van der Waals surface area (Å²) in [4.78, 5) is 2.20. The standard InChI is InChI=1S/C22H24N6S/c1-3-26-16-23-28(22(26)29)17-25(2)14-19-15-27(20-12-8-5-9-13-20)24-21(19)18-10-6-4-7-11-18/h4-13,15-16H,3,14,17H2,1-2H3. The second-order valence-electron chi connectivity index (χ2n) is 7.00. The molecule has 148 valence electrons. The third-order valence-corrected chi connectivity index (χ3v) is 5.26.